The van der Waals surface area contributed by atoms with Gasteiger partial charge in [-0.25, -0.2) is 0 Å². The average Bonchev–Trinajstić information content (AvgIpc) is 2.77. The maximum atomic E-state index is 12.5. The van der Waals surface area contributed by atoms with Crippen molar-refractivity contribution in [1.29, 1.82) is 0 Å². The molecule has 1 saturated heterocycles. The minimum absolute atomic E-state index is 0.0652. The first-order valence-corrected chi connectivity index (χ1v) is 14.3. The molecule has 1 aliphatic rings. The molecule has 0 spiro atoms. The highest BCUT2D eigenvalue weighted by atomic mass is 32.2. The Morgan fingerprint density at radius 1 is 0.909 bits per heavy atom. The van der Waals surface area contributed by atoms with E-state index in [1.807, 2.05) is 11.8 Å². The lowest BCUT2D eigenvalue weighted by Gasteiger charge is -2.43. The van der Waals surface area contributed by atoms with Crippen molar-refractivity contribution < 1.29 is 23.8 Å². The monoisotopic (exact) mass is 486 g/mol. The molecule has 194 valence electrons. The van der Waals surface area contributed by atoms with E-state index in [-0.39, 0.29) is 35.8 Å². The number of ketones is 1. The molecule has 3 unspecified atom stereocenters. The average molecular weight is 487 g/mol. The highest BCUT2D eigenvalue weighted by Crippen LogP contribution is 2.40. The molecule has 0 saturated carbocycles. The highest BCUT2D eigenvalue weighted by molar-refractivity contribution is 7.99. The maximum absolute atomic E-state index is 12.5. The van der Waals surface area contributed by atoms with Crippen LogP contribution in [0.3, 0.4) is 0 Å². The van der Waals surface area contributed by atoms with E-state index in [2.05, 4.69) is 34.6 Å². The van der Waals surface area contributed by atoms with E-state index in [4.69, 9.17) is 14.2 Å². The summed E-state index contributed by atoms with van der Waals surface area (Å²) in [5, 5.41) is 0. The Kier molecular flexibility index (Phi) is 15.6. The number of thioether (sulfide) groups is 1. The van der Waals surface area contributed by atoms with Gasteiger partial charge in [0.2, 0.25) is 0 Å². The minimum Gasteiger partial charge on any atom is -0.462 e. The molecular weight excluding hydrogens is 436 g/mol. The maximum Gasteiger partial charge on any atom is 0.308 e. The zero-order valence-corrected chi connectivity index (χ0v) is 23.1. The van der Waals surface area contributed by atoms with Crippen molar-refractivity contribution in [2.75, 3.05) is 12.9 Å². The van der Waals surface area contributed by atoms with Crippen molar-refractivity contribution in [2.24, 2.45) is 17.8 Å². The van der Waals surface area contributed by atoms with E-state index in [0.717, 1.165) is 57.1 Å². The topological polar surface area (TPSA) is 61.8 Å². The standard InChI is InChI=1S/C27H50O5S/c1-8-10-11-15-24(17-19(3)28)31-26(29)18-23(30-7)14-12-13-16-33-27-22(6)20(4)21(5)25(9-2)32-27/h20-25,27H,8-18H2,1-7H3/t20-,21-,22+,23?,24?,25+,27?/m0/s1. The van der Waals surface area contributed by atoms with Gasteiger partial charge in [0, 0.05) is 13.5 Å². The summed E-state index contributed by atoms with van der Waals surface area (Å²) < 4.78 is 17.6. The molecular formula is C27H50O5S. The summed E-state index contributed by atoms with van der Waals surface area (Å²) in [5.41, 5.74) is 0.278. The molecule has 0 amide bonds. The predicted molar refractivity (Wildman–Crippen MR) is 137 cm³/mol. The number of carbonyl (C=O) groups excluding carboxylic acids is 2. The van der Waals surface area contributed by atoms with Gasteiger partial charge in [0.05, 0.1) is 18.6 Å². The SMILES string of the molecule is CCCCCC(CC(C)=O)OC(=O)CC(CCCCSC1O[C@H](CC)[C@@H](C)[C@H](C)[C@H]1C)OC. The van der Waals surface area contributed by atoms with Gasteiger partial charge in [-0.15, -0.1) is 11.8 Å². The lowest BCUT2D eigenvalue weighted by Crippen LogP contribution is -2.43. The number of unbranched alkanes of at least 4 members (excludes halogenated alkanes) is 3. The second kappa shape index (κ2) is 16.9. The van der Waals surface area contributed by atoms with Crippen molar-refractivity contribution >= 4 is 23.5 Å². The summed E-state index contributed by atoms with van der Waals surface area (Å²) in [6, 6.07) is 0. The fourth-order valence-corrected chi connectivity index (χ4v) is 6.06. The van der Waals surface area contributed by atoms with Crippen molar-refractivity contribution in [3.05, 3.63) is 0 Å². The van der Waals surface area contributed by atoms with Crippen LogP contribution in [-0.2, 0) is 23.8 Å². The van der Waals surface area contributed by atoms with Crippen LogP contribution in [0.4, 0.5) is 0 Å². The quantitative estimate of drug-likeness (QED) is 0.166. The van der Waals surface area contributed by atoms with Crippen LogP contribution in [0.5, 0.6) is 0 Å². The van der Waals surface area contributed by atoms with E-state index in [9.17, 15) is 9.59 Å². The molecule has 1 fully saturated rings. The molecule has 0 aromatic heterocycles. The second-order valence-electron chi connectivity index (χ2n) is 9.97. The van der Waals surface area contributed by atoms with Crippen molar-refractivity contribution in [1.82, 2.24) is 0 Å². The summed E-state index contributed by atoms with van der Waals surface area (Å²) in [6.45, 7) is 12.9. The first-order valence-electron chi connectivity index (χ1n) is 13.2. The molecule has 6 heteroatoms. The molecule has 5 nitrogen and oxygen atoms in total. The molecule has 0 N–H and O–H groups in total. The van der Waals surface area contributed by atoms with Crippen LogP contribution >= 0.6 is 11.8 Å². The number of hydrogen-bond acceptors (Lipinski definition) is 6. The van der Waals surface area contributed by atoms with E-state index in [0.29, 0.717) is 30.3 Å². The molecule has 0 aromatic carbocycles. The molecule has 33 heavy (non-hydrogen) atoms. The first kappa shape index (κ1) is 30.4. The van der Waals surface area contributed by atoms with Crippen LogP contribution in [0.1, 0.15) is 106 Å². The van der Waals surface area contributed by atoms with Gasteiger partial charge < -0.3 is 14.2 Å². The van der Waals surface area contributed by atoms with Crippen molar-refractivity contribution in [3.8, 4) is 0 Å². The first-order chi connectivity index (χ1) is 15.7. The Morgan fingerprint density at radius 3 is 2.18 bits per heavy atom. The molecule has 0 radical (unpaired) electrons. The third-order valence-electron chi connectivity index (χ3n) is 7.26. The molecule has 1 heterocycles. The number of esters is 1. The van der Waals surface area contributed by atoms with Crippen LogP contribution in [0.25, 0.3) is 0 Å². The number of hydrogen-bond donors (Lipinski definition) is 0. The van der Waals surface area contributed by atoms with Gasteiger partial charge in [-0.3, -0.25) is 9.59 Å². The van der Waals surface area contributed by atoms with Gasteiger partial charge in [0.1, 0.15) is 17.3 Å². The number of rotatable bonds is 17. The van der Waals surface area contributed by atoms with Crippen molar-refractivity contribution in [3.63, 3.8) is 0 Å². The molecule has 0 aromatic rings. The second-order valence-corrected chi connectivity index (χ2v) is 11.2. The highest BCUT2D eigenvalue weighted by Gasteiger charge is 2.38. The summed E-state index contributed by atoms with van der Waals surface area (Å²) in [6.07, 6.45) is 8.43. The smallest absolute Gasteiger partial charge is 0.308 e. The zero-order valence-electron chi connectivity index (χ0n) is 22.3. The fourth-order valence-electron chi connectivity index (χ4n) is 4.69. The normalized spacial score (nSPS) is 27.2. The number of Topliss-reactive ketones (excluding diaryl/α,β-unsaturated/α-hetero) is 1. The molecule has 0 aliphatic carbocycles. The van der Waals surface area contributed by atoms with Crippen LogP contribution in [0.15, 0.2) is 0 Å². The van der Waals surface area contributed by atoms with Crippen LogP contribution in [0, 0.1) is 17.8 Å². The summed E-state index contributed by atoms with van der Waals surface area (Å²) in [7, 11) is 1.66. The number of ether oxygens (including phenoxy) is 3. The molecule has 1 rings (SSSR count). The van der Waals surface area contributed by atoms with Gasteiger partial charge in [-0.2, -0.15) is 0 Å². The van der Waals surface area contributed by atoms with E-state index in [1.165, 1.54) is 0 Å². The van der Waals surface area contributed by atoms with Crippen LogP contribution in [-0.4, -0.2) is 48.4 Å². The molecule has 1 aliphatic heterocycles. The Bertz CT molecular complexity index is 553. The zero-order chi connectivity index (χ0) is 24.8. The summed E-state index contributed by atoms with van der Waals surface area (Å²) in [4.78, 5) is 24.0. The summed E-state index contributed by atoms with van der Waals surface area (Å²) in [5.74, 6) is 2.73. The fraction of sp³-hybridized carbons (Fsp3) is 0.926. The Labute approximate surface area is 207 Å². The van der Waals surface area contributed by atoms with Crippen LogP contribution in [0.2, 0.25) is 0 Å². The van der Waals surface area contributed by atoms with Crippen molar-refractivity contribution in [2.45, 2.75) is 129 Å². The third kappa shape index (κ3) is 11.6. The largest absolute Gasteiger partial charge is 0.462 e. The minimum atomic E-state index is -0.301. The van der Waals surface area contributed by atoms with E-state index >= 15 is 0 Å². The number of methoxy groups -OCH3 is 1. The summed E-state index contributed by atoms with van der Waals surface area (Å²) >= 11 is 1.94. The van der Waals surface area contributed by atoms with Gasteiger partial charge >= 0.3 is 5.97 Å². The van der Waals surface area contributed by atoms with Crippen LogP contribution < -0.4 is 0 Å². The third-order valence-corrected chi connectivity index (χ3v) is 8.65. The lowest BCUT2D eigenvalue weighted by molar-refractivity contribution is -0.153. The van der Waals surface area contributed by atoms with E-state index in [1.54, 1.807) is 14.0 Å². The Hall–Kier alpha value is -0.590. The van der Waals surface area contributed by atoms with Gasteiger partial charge in [-0.1, -0.05) is 53.9 Å². The van der Waals surface area contributed by atoms with Gasteiger partial charge in [-0.05, 0) is 62.5 Å². The predicted octanol–water partition coefficient (Wildman–Crippen LogP) is 6.81. The van der Waals surface area contributed by atoms with Gasteiger partial charge in [0.25, 0.3) is 0 Å². The Morgan fingerprint density at radius 2 is 1.58 bits per heavy atom. The lowest BCUT2D eigenvalue weighted by atomic mass is 9.79. The van der Waals surface area contributed by atoms with Gasteiger partial charge in [0.15, 0.2) is 0 Å². The Balaban J connectivity index is 2.35. The van der Waals surface area contributed by atoms with E-state index < -0.39 is 0 Å². The molecule has 0 bridgehead atoms. The number of carbonyl (C=O) groups is 2. The molecule has 7 atom stereocenters.